The Labute approximate surface area is 99.7 Å². The van der Waals surface area contributed by atoms with Crippen molar-refractivity contribution >= 4 is 11.3 Å². The maximum atomic E-state index is 6.03. The van der Waals surface area contributed by atoms with Crippen LogP contribution >= 0.6 is 11.3 Å². The highest BCUT2D eigenvalue weighted by molar-refractivity contribution is 7.07. The van der Waals surface area contributed by atoms with E-state index in [1.54, 1.807) is 11.3 Å². The molecule has 0 amide bonds. The molecule has 1 atom stereocenters. The number of ether oxygens (including phenoxy) is 1. The standard InChI is InChI=1S/C13H15NOS/c14-13(11-7-9-16-10-11)6-8-15-12-4-2-1-3-5-12/h1-5,7,9-10,13H,6,8,14H2. The third kappa shape index (κ3) is 3.08. The van der Waals surface area contributed by atoms with E-state index in [0.717, 1.165) is 12.2 Å². The van der Waals surface area contributed by atoms with Crippen LogP contribution in [-0.2, 0) is 0 Å². The Morgan fingerprint density at radius 2 is 2.00 bits per heavy atom. The molecule has 1 heterocycles. The second-order valence-electron chi connectivity index (χ2n) is 3.61. The number of benzene rings is 1. The van der Waals surface area contributed by atoms with Crippen molar-refractivity contribution in [3.8, 4) is 5.75 Å². The average Bonchev–Trinajstić information content (AvgIpc) is 2.84. The Kier molecular flexibility index (Phi) is 3.97. The first-order valence-electron chi connectivity index (χ1n) is 5.32. The van der Waals surface area contributed by atoms with E-state index < -0.39 is 0 Å². The molecule has 0 aliphatic rings. The third-order valence-electron chi connectivity index (χ3n) is 2.41. The molecular formula is C13H15NOS. The van der Waals surface area contributed by atoms with Gasteiger partial charge in [-0.15, -0.1) is 0 Å². The predicted octanol–water partition coefficient (Wildman–Crippen LogP) is 3.22. The average molecular weight is 233 g/mol. The van der Waals surface area contributed by atoms with Crippen LogP contribution < -0.4 is 10.5 Å². The zero-order chi connectivity index (χ0) is 11.2. The first-order chi connectivity index (χ1) is 7.86. The topological polar surface area (TPSA) is 35.2 Å². The van der Waals surface area contributed by atoms with Crippen molar-refractivity contribution in [3.63, 3.8) is 0 Å². The lowest BCUT2D eigenvalue weighted by atomic mass is 10.1. The molecule has 0 saturated carbocycles. The summed E-state index contributed by atoms with van der Waals surface area (Å²) in [7, 11) is 0. The van der Waals surface area contributed by atoms with Crippen LogP contribution in [0.15, 0.2) is 47.2 Å². The van der Waals surface area contributed by atoms with Gasteiger partial charge in [-0.25, -0.2) is 0 Å². The Bertz CT molecular complexity index is 399. The molecule has 2 rings (SSSR count). The maximum Gasteiger partial charge on any atom is 0.119 e. The lowest BCUT2D eigenvalue weighted by Gasteiger charge is -2.11. The molecule has 0 aliphatic heterocycles. The van der Waals surface area contributed by atoms with Crippen molar-refractivity contribution in [2.24, 2.45) is 5.73 Å². The molecule has 84 valence electrons. The minimum atomic E-state index is 0.0787. The monoisotopic (exact) mass is 233 g/mol. The third-order valence-corrected chi connectivity index (χ3v) is 3.11. The van der Waals surface area contributed by atoms with Crippen molar-refractivity contribution in [2.45, 2.75) is 12.5 Å². The second-order valence-corrected chi connectivity index (χ2v) is 4.39. The van der Waals surface area contributed by atoms with Crippen LogP contribution in [0.25, 0.3) is 0 Å². The number of para-hydroxylation sites is 1. The molecule has 16 heavy (non-hydrogen) atoms. The highest BCUT2D eigenvalue weighted by atomic mass is 32.1. The molecule has 1 aromatic carbocycles. The van der Waals surface area contributed by atoms with Crippen LogP contribution in [0.1, 0.15) is 18.0 Å². The number of rotatable bonds is 5. The number of nitrogens with two attached hydrogens (primary N) is 1. The Morgan fingerprint density at radius 3 is 2.69 bits per heavy atom. The summed E-state index contributed by atoms with van der Waals surface area (Å²) in [4.78, 5) is 0. The molecule has 0 fully saturated rings. The van der Waals surface area contributed by atoms with E-state index in [2.05, 4.69) is 11.4 Å². The van der Waals surface area contributed by atoms with E-state index in [1.165, 1.54) is 5.56 Å². The smallest absolute Gasteiger partial charge is 0.119 e. The van der Waals surface area contributed by atoms with Crippen molar-refractivity contribution in [2.75, 3.05) is 6.61 Å². The van der Waals surface area contributed by atoms with Gasteiger partial charge in [0.25, 0.3) is 0 Å². The molecule has 0 bridgehead atoms. The van der Waals surface area contributed by atoms with Crippen LogP contribution in [0, 0.1) is 0 Å². The lowest BCUT2D eigenvalue weighted by Crippen LogP contribution is -2.13. The van der Waals surface area contributed by atoms with Crippen LogP contribution in [0.3, 0.4) is 0 Å². The van der Waals surface area contributed by atoms with Gasteiger partial charge >= 0.3 is 0 Å². The fraction of sp³-hybridized carbons (Fsp3) is 0.231. The maximum absolute atomic E-state index is 6.03. The van der Waals surface area contributed by atoms with Crippen molar-refractivity contribution in [3.05, 3.63) is 52.7 Å². The molecule has 0 aliphatic carbocycles. The fourth-order valence-electron chi connectivity index (χ4n) is 1.47. The molecule has 2 aromatic rings. The second kappa shape index (κ2) is 5.68. The summed E-state index contributed by atoms with van der Waals surface area (Å²) in [6.07, 6.45) is 0.839. The summed E-state index contributed by atoms with van der Waals surface area (Å²) in [6.45, 7) is 0.654. The van der Waals surface area contributed by atoms with Gasteiger partial charge in [-0.05, 0) is 34.5 Å². The van der Waals surface area contributed by atoms with E-state index in [4.69, 9.17) is 10.5 Å². The number of hydrogen-bond acceptors (Lipinski definition) is 3. The molecule has 0 spiro atoms. The largest absolute Gasteiger partial charge is 0.494 e. The molecule has 2 nitrogen and oxygen atoms in total. The van der Waals surface area contributed by atoms with Gasteiger partial charge in [0.2, 0.25) is 0 Å². The van der Waals surface area contributed by atoms with Gasteiger partial charge in [0.1, 0.15) is 5.75 Å². The fourth-order valence-corrected chi connectivity index (χ4v) is 2.20. The first-order valence-corrected chi connectivity index (χ1v) is 6.26. The summed E-state index contributed by atoms with van der Waals surface area (Å²) in [5.74, 6) is 0.903. The molecular weight excluding hydrogens is 218 g/mol. The minimum absolute atomic E-state index is 0.0787. The minimum Gasteiger partial charge on any atom is -0.494 e. The van der Waals surface area contributed by atoms with Crippen LogP contribution in [-0.4, -0.2) is 6.61 Å². The van der Waals surface area contributed by atoms with Crippen LogP contribution in [0.2, 0.25) is 0 Å². The van der Waals surface area contributed by atoms with E-state index in [1.807, 2.05) is 35.7 Å². The van der Waals surface area contributed by atoms with Crippen molar-refractivity contribution < 1.29 is 4.74 Å². The van der Waals surface area contributed by atoms with Gasteiger partial charge in [-0.3, -0.25) is 0 Å². The van der Waals surface area contributed by atoms with E-state index >= 15 is 0 Å². The Hall–Kier alpha value is -1.32. The first kappa shape index (κ1) is 11.2. The number of hydrogen-bond donors (Lipinski definition) is 1. The van der Waals surface area contributed by atoms with Crippen LogP contribution in [0.4, 0.5) is 0 Å². The lowest BCUT2D eigenvalue weighted by molar-refractivity contribution is 0.298. The van der Waals surface area contributed by atoms with Crippen molar-refractivity contribution in [1.82, 2.24) is 0 Å². The normalized spacial score (nSPS) is 12.3. The van der Waals surface area contributed by atoms with Crippen LogP contribution in [0.5, 0.6) is 5.75 Å². The summed E-state index contributed by atoms with van der Waals surface area (Å²) in [5, 5.41) is 4.14. The highest BCUT2D eigenvalue weighted by Gasteiger charge is 2.05. The molecule has 1 aromatic heterocycles. The molecule has 1 unspecified atom stereocenters. The van der Waals surface area contributed by atoms with Crippen molar-refractivity contribution in [1.29, 1.82) is 0 Å². The summed E-state index contributed by atoms with van der Waals surface area (Å²) in [6, 6.07) is 12.0. The summed E-state index contributed by atoms with van der Waals surface area (Å²) >= 11 is 1.68. The number of thiophene rings is 1. The predicted molar refractivity (Wildman–Crippen MR) is 67.8 cm³/mol. The SMILES string of the molecule is NC(CCOc1ccccc1)c1ccsc1. The molecule has 0 radical (unpaired) electrons. The van der Waals surface area contributed by atoms with E-state index in [9.17, 15) is 0 Å². The van der Waals surface area contributed by atoms with Gasteiger partial charge in [0.15, 0.2) is 0 Å². The van der Waals surface area contributed by atoms with Gasteiger partial charge in [-0.1, -0.05) is 18.2 Å². The Balaban J connectivity index is 1.76. The molecule has 0 saturated heterocycles. The Morgan fingerprint density at radius 1 is 1.19 bits per heavy atom. The summed E-state index contributed by atoms with van der Waals surface area (Å²) in [5.41, 5.74) is 7.23. The quantitative estimate of drug-likeness (QED) is 0.860. The van der Waals surface area contributed by atoms with Gasteiger partial charge in [-0.2, -0.15) is 11.3 Å². The molecule has 2 N–H and O–H groups in total. The summed E-state index contributed by atoms with van der Waals surface area (Å²) < 4.78 is 5.60. The van der Waals surface area contributed by atoms with Gasteiger partial charge in [0.05, 0.1) is 6.61 Å². The van der Waals surface area contributed by atoms with Gasteiger partial charge < -0.3 is 10.5 Å². The van der Waals surface area contributed by atoms with Gasteiger partial charge in [0, 0.05) is 12.5 Å². The zero-order valence-electron chi connectivity index (χ0n) is 9.00. The highest BCUT2D eigenvalue weighted by Crippen LogP contribution is 2.17. The molecule has 3 heteroatoms. The van der Waals surface area contributed by atoms with E-state index in [-0.39, 0.29) is 6.04 Å². The zero-order valence-corrected chi connectivity index (χ0v) is 9.82. The van der Waals surface area contributed by atoms with E-state index in [0.29, 0.717) is 6.61 Å².